The lowest BCUT2D eigenvalue weighted by Crippen LogP contribution is -2.40. The monoisotopic (exact) mass is 510 g/mol. The molecule has 0 aliphatic carbocycles. The summed E-state index contributed by atoms with van der Waals surface area (Å²) in [4.78, 5) is 29.3. The first-order valence-electron chi connectivity index (χ1n) is 13.1. The topological polar surface area (TPSA) is 104 Å². The van der Waals surface area contributed by atoms with Gasteiger partial charge in [0, 0.05) is 62.9 Å². The van der Waals surface area contributed by atoms with Crippen molar-refractivity contribution in [3.05, 3.63) is 40.9 Å². The maximum atomic E-state index is 13.5. The number of ether oxygens (including phenoxy) is 3. The molecule has 0 aromatic carbocycles. The highest BCUT2D eigenvalue weighted by atomic mass is 16.5. The number of rotatable bonds is 13. The van der Waals surface area contributed by atoms with E-state index in [0.717, 1.165) is 56.4 Å². The van der Waals surface area contributed by atoms with E-state index in [-0.39, 0.29) is 5.56 Å². The minimum atomic E-state index is -0.170. The summed E-state index contributed by atoms with van der Waals surface area (Å²) in [7, 11) is 3.37. The van der Waals surface area contributed by atoms with Crippen molar-refractivity contribution in [2.24, 2.45) is 0 Å². The molecule has 10 heteroatoms. The molecule has 1 saturated heterocycles. The summed E-state index contributed by atoms with van der Waals surface area (Å²) in [6, 6.07) is 5.66. The Morgan fingerprint density at radius 2 is 1.97 bits per heavy atom. The van der Waals surface area contributed by atoms with Crippen LogP contribution < -0.4 is 15.6 Å². The van der Waals surface area contributed by atoms with E-state index in [2.05, 4.69) is 32.1 Å². The van der Waals surface area contributed by atoms with Crippen LogP contribution in [0.3, 0.4) is 0 Å². The highest BCUT2D eigenvalue weighted by Gasteiger charge is 2.19. The molecule has 0 saturated carbocycles. The lowest BCUT2D eigenvalue weighted by atomic mass is 10.1. The van der Waals surface area contributed by atoms with Crippen molar-refractivity contribution in [3.63, 3.8) is 0 Å². The Morgan fingerprint density at radius 1 is 1.11 bits per heavy atom. The minimum absolute atomic E-state index is 0.170. The molecule has 1 N–H and O–H groups in total. The Labute approximate surface area is 218 Å². The predicted molar refractivity (Wildman–Crippen MR) is 144 cm³/mol. The number of anilines is 1. The van der Waals surface area contributed by atoms with Gasteiger partial charge >= 0.3 is 0 Å². The van der Waals surface area contributed by atoms with Crippen LogP contribution in [0.15, 0.2) is 35.4 Å². The van der Waals surface area contributed by atoms with Crippen LogP contribution in [0.4, 0.5) is 5.82 Å². The summed E-state index contributed by atoms with van der Waals surface area (Å²) in [5.41, 5.74) is 2.75. The van der Waals surface area contributed by atoms with E-state index in [1.165, 1.54) is 0 Å². The van der Waals surface area contributed by atoms with Crippen molar-refractivity contribution in [1.82, 2.24) is 24.4 Å². The second-order valence-electron chi connectivity index (χ2n) is 9.27. The number of aromatic nitrogens is 4. The maximum Gasteiger partial charge on any atom is 0.293 e. The maximum absolute atomic E-state index is 13.5. The lowest BCUT2D eigenvalue weighted by molar-refractivity contribution is 0.0314. The molecule has 3 aromatic heterocycles. The number of methoxy groups -OCH3 is 2. The van der Waals surface area contributed by atoms with E-state index >= 15 is 0 Å². The van der Waals surface area contributed by atoms with Gasteiger partial charge in [0.2, 0.25) is 5.88 Å². The zero-order valence-corrected chi connectivity index (χ0v) is 22.1. The van der Waals surface area contributed by atoms with Crippen LogP contribution in [0.2, 0.25) is 0 Å². The van der Waals surface area contributed by atoms with Crippen molar-refractivity contribution in [1.29, 1.82) is 0 Å². The standard InChI is InChI=1S/C27H38N6O4/c1-4-14-37-15-13-33-23-16-21(20-8-9-24(36-3)29-17-20)18-30-25(23)31-26(27(33)34)28-10-6-12-32-11-5-7-22(19-32)35-2/h8-9,16-18,22H,4-7,10-15,19H2,1-3H3,(H,28,30,31). The van der Waals surface area contributed by atoms with Crippen LogP contribution in [0.1, 0.15) is 32.6 Å². The first-order chi connectivity index (χ1) is 18.1. The first kappa shape index (κ1) is 27.0. The van der Waals surface area contributed by atoms with Crippen LogP contribution in [0.25, 0.3) is 22.3 Å². The van der Waals surface area contributed by atoms with E-state index in [0.29, 0.717) is 55.3 Å². The van der Waals surface area contributed by atoms with Gasteiger partial charge in [0.05, 0.1) is 25.3 Å². The van der Waals surface area contributed by atoms with Gasteiger partial charge in [0.25, 0.3) is 5.56 Å². The number of pyridine rings is 2. The van der Waals surface area contributed by atoms with Crippen molar-refractivity contribution in [3.8, 4) is 17.0 Å². The van der Waals surface area contributed by atoms with E-state index in [4.69, 9.17) is 14.2 Å². The summed E-state index contributed by atoms with van der Waals surface area (Å²) in [6.07, 6.45) is 7.92. The predicted octanol–water partition coefficient (Wildman–Crippen LogP) is 3.20. The molecule has 0 bridgehead atoms. The van der Waals surface area contributed by atoms with Crippen molar-refractivity contribution >= 4 is 17.0 Å². The normalized spacial score (nSPS) is 16.2. The third-order valence-electron chi connectivity index (χ3n) is 6.63. The second-order valence-corrected chi connectivity index (χ2v) is 9.27. The van der Waals surface area contributed by atoms with Crippen LogP contribution in [0, 0.1) is 0 Å². The number of fused-ring (bicyclic) bond motifs is 1. The van der Waals surface area contributed by atoms with Gasteiger partial charge < -0.3 is 24.4 Å². The zero-order chi connectivity index (χ0) is 26.0. The fourth-order valence-corrected chi connectivity index (χ4v) is 4.61. The number of nitrogens with one attached hydrogen (secondary N) is 1. The summed E-state index contributed by atoms with van der Waals surface area (Å²) >= 11 is 0. The molecule has 1 fully saturated rings. The molecule has 1 unspecified atom stereocenters. The molecule has 1 atom stereocenters. The Hall–Kier alpha value is -3.08. The van der Waals surface area contributed by atoms with Gasteiger partial charge in [-0.15, -0.1) is 0 Å². The second kappa shape index (κ2) is 13.5. The van der Waals surface area contributed by atoms with Crippen LogP contribution >= 0.6 is 0 Å². The largest absolute Gasteiger partial charge is 0.481 e. The van der Waals surface area contributed by atoms with E-state index in [1.807, 2.05) is 12.1 Å². The molecule has 37 heavy (non-hydrogen) atoms. The van der Waals surface area contributed by atoms with Gasteiger partial charge in [-0.05, 0) is 50.9 Å². The number of hydrogen-bond donors (Lipinski definition) is 1. The van der Waals surface area contributed by atoms with Crippen LogP contribution in [0.5, 0.6) is 5.88 Å². The molecule has 200 valence electrons. The van der Waals surface area contributed by atoms with Crippen molar-refractivity contribution in [2.45, 2.75) is 45.3 Å². The molecule has 1 aliphatic rings. The first-order valence-corrected chi connectivity index (χ1v) is 13.1. The Morgan fingerprint density at radius 3 is 2.73 bits per heavy atom. The van der Waals surface area contributed by atoms with Crippen molar-refractivity contribution < 1.29 is 14.2 Å². The summed E-state index contributed by atoms with van der Waals surface area (Å²) < 4.78 is 18.1. The average Bonchev–Trinajstić information content (AvgIpc) is 2.94. The fourth-order valence-electron chi connectivity index (χ4n) is 4.61. The third-order valence-corrected chi connectivity index (χ3v) is 6.63. The smallest absolute Gasteiger partial charge is 0.293 e. The van der Waals surface area contributed by atoms with E-state index in [1.54, 1.807) is 37.2 Å². The fraction of sp³-hybridized carbons (Fsp3) is 0.556. The molecule has 10 nitrogen and oxygen atoms in total. The van der Waals surface area contributed by atoms with Gasteiger partial charge in [0.15, 0.2) is 11.5 Å². The summed E-state index contributed by atoms with van der Waals surface area (Å²) in [6.45, 7) is 7.25. The van der Waals surface area contributed by atoms with Gasteiger partial charge in [-0.3, -0.25) is 9.36 Å². The summed E-state index contributed by atoms with van der Waals surface area (Å²) in [5.74, 6) is 0.862. The number of piperidine rings is 1. The average molecular weight is 511 g/mol. The van der Waals surface area contributed by atoms with Gasteiger partial charge in [-0.2, -0.15) is 0 Å². The molecule has 3 aromatic rings. The minimum Gasteiger partial charge on any atom is -0.481 e. The van der Waals surface area contributed by atoms with Crippen molar-refractivity contribution in [2.75, 3.05) is 58.9 Å². The molecule has 4 rings (SSSR count). The highest BCUT2D eigenvalue weighted by Crippen LogP contribution is 2.23. The molecule has 0 spiro atoms. The van der Waals surface area contributed by atoms with E-state index < -0.39 is 0 Å². The number of hydrogen-bond acceptors (Lipinski definition) is 9. The molecule has 4 heterocycles. The quantitative estimate of drug-likeness (QED) is 0.347. The lowest BCUT2D eigenvalue weighted by Gasteiger charge is -2.31. The molecular formula is C27H38N6O4. The van der Waals surface area contributed by atoms with Gasteiger partial charge in [-0.25, -0.2) is 15.0 Å². The number of nitrogens with zero attached hydrogens (tertiary/aromatic N) is 5. The number of likely N-dealkylation sites (tertiary alicyclic amines) is 1. The molecular weight excluding hydrogens is 472 g/mol. The molecule has 0 radical (unpaired) electrons. The molecule has 1 aliphatic heterocycles. The summed E-state index contributed by atoms with van der Waals surface area (Å²) in [5, 5.41) is 3.26. The van der Waals surface area contributed by atoms with E-state index in [9.17, 15) is 4.79 Å². The van der Waals surface area contributed by atoms with Gasteiger partial charge in [-0.1, -0.05) is 6.92 Å². The zero-order valence-electron chi connectivity index (χ0n) is 22.1. The third kappa shape index (κ3) is 7.03. The Bertz CT molecular complexity index is 1200. The Balaban J connectivity index is 1.52. The molecule has 0 amide bonds. The van der Waals surface area contributed by atoms with Crippen LogP contribution in [-0.4, -0.2) is 84.1 Å². The highest BCUT2D eigenvalue weighted by molar-refractivity contribution is 5.78. The Kier molecular flexibility index (Phi) is 9.81. The van der Waals surface area contributed by atoms with Crippen LogP contribution in [-0.2, 0) is 16.0 Å². The van der Waals surface area contributed by atoms with Gasteiger partial charge in [0.1, 0.15) is 0 Å². The SMILES string of the molecule is CCCOCCn1c(=O)c(NCCCN2CCCC(OC)C2)nc2ncc(-c3ccc(OC)nc3)cc21.